The Bertz CT molecular complexity index is 1180. The Morgan fingerprint density at radius 3 is 2.55 bits per heavy atom. The molecule has 1 aliphatic rings. The third-order valence-electron chi connectivity index (χ3n) is 4.68. The third-order valence-corrected chi connectivity index (χ3v) is 7.50. The number of anilines is 1. The number of fused-ring (bicyclic) bond motifs is 1. The standard InChI is InChI=1S/C21H23N3O5S2/c1-14(2)29-16-5-3-15(4-6-16)20(25)23-21-22-18-8-7-17(13-19(18)30-21)31(26,27)24-9-11-28-12-10-24/h3-8,13-14H,9-12H2,1-2H3,(H,22,23,25). The van der Waals surface area contributed by atoms with Crippen LogP contribution in [0.15, 0.2) is 47.4 Å². The highest BCUT2D eigenvalue weighted by atomic mass is 32.2. The number of rotatable bonds is 6. The van der Waals surface area contributed by atoms with E-state index in [4.69, 9.17) is 9.47 Å². The number of carbonyl (C=O) groups excluding carboxylic acids is 1. The lowest BCUT2D eigenvalue weighted by atomic mass is 10.2. The van der Waals surface area contributed by atoms with Gasteiger partial charge in [0.2, 0.25) is 10.0 Å². The summed E-state index contributed by atoms with van der Waals surface area (Å²) in [5.74, 6) is 0.400. The van der Waals surface area contributed by atoms with E-state index in [1.165, 1.54) is 15.6 Å². The number of nitrogens with one attached hydrogen (secondary N) is 1. The van der Waals surface area contributed by atoms with Crippen molar-refractivity contribution in [1.29, 1.82) is 0 Å². The molecule has 0 saturated carbocycles. The van der Waals surface area contributed by atoms with Crippen LogP contribution >= 0.6 is 11.3 Å². The molecular formula is C21H23N3O5S2. The number of aromatic nitrogens is 1. The van der Waals surface area contributed by atoms with E-state index in [1.54, 1.807) is 42.5 Å². The van der Waals surface area contributed by atoms with Crippen molar-refractivity contribution in [2.45, 2.75) is 24.8 Å². The number of thiazole rings is 1. The quantitative estimate of drug-likeness (QED) is 0.605. The van der Waals surface area contributed by atoms with Crippen LogP contribution in [0.25, 0.3) is 10.2 Å². The van der Waals surface area contributed by atoms with Crippen LogP contribution < -0.4 is 10.1 Å². The fraction of sp³-hybridized carbons (Fsp3) is 0.333. The summed E-state index contributed by atoms with van der Waals surface area (Å²) in [5.41, 5.74) is 1.10. The Hall–Kier alpha value is -2.53. The molecule has 1 amide bonds. The van der Waals surface area contributed by atoms with Gasteiger partial charge in [-0.3, -0.25) is 10.1 Å². The minimum atomic E-state index is -3.59. The van der Waals surface area contributed by atoms with Crippen LogP contribution in [0.4, 0.5) is 5.13 Å². The number of carbonyl (C=O) groups is 1. The molecule has 0 unspecified atom stereocenters. The minimum Gasteiger partial charge on any atom is -0.491 e. The number of morpholine rings is 1. The van der Waals surface area contributed by atoms with Crippen LogP contribution in [-0.2, 0) is 14.8 Å². The van der Waals surface area contributed by atoms with Gasteiger partial charge >= 0.3 is 0 Å². The van der Waals surface area contributed by atoms with Crippen LogP contribution in [0, 0.1) is 0 Å². The van der Waals surface area contributed by atoms with Crippen molar-refractivity contribution >= 4 is 42.6 Å². The molecule has 0 radical (unpaired) electrons. The van der Waals surface area contributed by atoms with Crippen LogP contribution in [0.3, 0.4) is 0 Å². The Morgan fingerprint density at radius 2 is 1.87 bits per heavy atom. The molecule has 10 heteroatoms. The molecule has 8 nitrogen and oxygen atoms in total. The number of nitrogens with zero attached hydrogens (tertiary/aromatic N) is 2. The Kier molecular flexibility index (Phi) is 6.24. The molecule has 1 aromatic heterocycles. The number of benzene rings is 2. The van der Waals surface area contributed by atoms with Gasteiger partial charge in [-0.1, -0.05) is 11.3 Å². The fourth-order valence-corrected chi connectivity index (χ4v) is 5.59. The number of ether oxygens (including phenoxy) is 2. The van der Waals surface area contributed by atoms with Gasteiger partial charge in [0, 0.05) is 18.7 Å². The van der Waals surface area contributed by atoms with Gasteiger partial charge in [-0.2, -0.15) is 4.31 Å². The Balaban J connectivity index is 1.51. The van der Waals surface area contributed by atoms with E-state index in [2.05, 4.69) is 10.3 Å². The highest BCUT2D eigenvalue weighted by Gasteiger charge is 2.26. The maximum Gasteiger partial charge on any atom is 0.257 e. The molecule has 1 aliphatic heterocycles. The molecule has 164 valence electrons. The summed E-state index contributed by atoms with van der Waals surface area (Å²) in [6.45, 7) is 5.33. The molecule has 1 N–H and O–H groups in total. The molecule has 31 heavy (non-hydrogen) atoms. The lowest BCUT2D eigenvalue weighted by molar-refractivity contribution is 0.0730. The summed E-state index contributed by atoms with van der Waals surface area (Å²) in [6, 6.07) is 11.7. The second-order valence-corrected chi connectivity index (χ2v) is 10.3. The predicted molar refractivity (Wildman–Crippen MR) is 119 cm³/mol. The van der Waals surface area contributed by atoms with Crippen molar-refractivity contribution in [1.82, 2.24) is 9.29 Å². The zero-order chi connectivity index (χ0) is 22.0. The van der Waals surface area contributed by atoms with E-state index in [1.807, 2.05) is 13.8 Å². The van der Waals surface area contributed by atoms with Crippen LogP contribution in [0.1, 0.15) is 24.2 Å². The normalized spacial score (nSPS) is 15.3. The predicted octanol–water partition coefficient (Wildman–Crippen LogP) is 3.36. The summed E-state index contributed by atoms with van der Waals surface area (Å²) in [4.78, 5) is 17.2. The van der Waals surface area contributed by atoms with Gasteiger partial charge in [0.25, 0.3) is 5.91 Å². The van der Waals surface area contributed by atoms with Crippen molar-refractivity contribution in [2.24, 2.45) is 0 Å². The van der Waals surface area contributed by atoms with Crippen molar-refractivity contribution < 1.29 is 22.7 Å². The number of amides is 1. The van der Waals surface area contributed by atoms with Gasteiger partial charge in [-0.15, -0.1) is 0 Å². The monoisotopic (exact) mass is 461 g/mol. The van der Waals surface area contributed by atoms with Crippen LogP contribution in [0.5, 0.6) is 5.75 Å². The van der Waals surface area contributed by atoms with E-state index >= 15 is 0 Å². The third kappa shape index (κ3) is 4.87. The molecule has 0 atom stereocenters. The van der Waals surface area contributed by atoms with E-state index in [-0.39, 0.29) is 16.9 Å². The Morgan fingerprint density at radius 1 is 1.16 bits per heavy atom. The SMILES string of the molecule is CC(C)Oc1ccc(C(=O)Nc2nc3ccc(S(=O)(=O)N4CCOCC4)cc3s2)cc1. The highest BCUT2D eigenvalue weighted by Crippen LogP contribution is 2.30. The van der Waals surface area contributed by atoms with Crippen molar-refractivity contribution in [2.75, 3.05) is 31.6 Å². The topological polar surface area (TPSA) is 97.8 Å². The zero-order valence-corrected chi connectivity index (χ0v) is 18.8. The first kappa shape index (κ1) is 21.7. The molecule has 2 aromatic carbocycles. The summed E-state index contributed by atoms with van der Waals surface area (Å²) in [5, 5.41) is 3.19. The molecule has 2 heterocycles. The number of hydrogen-bond donors (Lipinski definition) is 1. The van der Waals surface area contributed by atoms with Gasteiger partial charge in [0.1, 0.15) is 5.75 Å². The average Bonchev–Trinajstić information content (AvgIpc) is 3.16. The van der Waals surface area contributed by atoms with E-state index < -0.39 is 10.0 Å². The van der Waals surface area contributed by atoms with Gasteiger partial charge in [-0.05, 0) is 56.3 Å². The van der Waals surface area contributed by atoms with Crippen molar-refractivity contribution in [3.63, 3.8) is 0 Å². The highest BCUT2D eigenvalue weighted by molar-refractivity contribution is 7.89. The van der Waals surface area contributed by atoms with Crippen LogP contribution in [0.2, 0.25) is 0 Å². The van der Waals surface area contributed by atoms with E-state index in [0.29, 0.717) is 53.0 Å². The molecule has 4 rings (SSSR count). The first-order chi connectivity index (χ1) is 14.8. The first-order valence-corrected chi connectivity index (χ1v) is 12.1. The summed E-state index contributed by atoms with van der Waals surface area (Å²) in [7, 11) is -3.59. The smallest absolute Gasteiger partial charge is 0.257 e. The zero-order valence-electron chi connectivity index (χ0n) is 17.2. The number of sulfonamides is 1. The van der Waals surface area contributed by atoms with E-state index in [9.17, 15) is 13.2 Å². The summed E-state index contributed by atoms with van der Waals surface area (Å²) >= 11 is 1.23. The molecule has 1 saturated heterocycles. The van der Waals surface area contributed by atoms with Gasteiger partial charge < -0.3 is 9.47 Å². The first-order valence-electron chi connectivity index (χ1n) is 9.89. The lowest BCUT2D eigenvalue weighted by Gasteiger charge is -2.25. The van der Waals surface area contributed by atoms with Crippen molar-refractivity contribution in [3.05, 3.63) is 48.0 Å². The maximum atomic E-state index is 12.9. The van der Waals surface area contributed by atoms with E-state index in [0.717, 1.165) is 0 Å². The van der Waals surface area contributed by atoms with Gasteiger partial charge in [-0.25, -0.2) is 13.4 Å². The molecule has 3 aromatic rings. The largest absolute Gasteiger partial charge is 0.491 e. The fourth-order valence-electron chi connectivity index (χ4n) is 3.18. The second-order valence-electron chi connectivity index (χ2n) is 7.31. The summed E-state index contributed by atoms with van der Waals surface area (Å²) < 4.78 is 38.7. The molecule has 0 bridgehead atoms. The average molecular weight is 462 g/mol. The lowest BCUT2D eigenvalue weighted by Crippen LogP contribution is -2.40. The molecular weight excluding hydrogens is 438 g/mol. The van der Waals surface area contributed by atoms with Gasteiger partial charge in [0.15, 0.2) is 5.13 Å². The van der Waals surface area contributed by atoms with Crippen molar-refractivity contribution in [3.8, 4) is 5.75 Å². The molecule has 0 aliphatic carbocycles. The number of hydrogen-bond acceptors (Lipinski definition) is 7. The second kappa shape index (κ2) is 8.91. The molecule has 0 spiro atoms. The minimum absolute atomic E-state index is 0.0550. The van der Waals surface area contributed by atoms with Gasteiger partial charge in [0.05, 0.1) is 34.4 Å². The van der Waals surface area contributed by atoms with Crippen LogP contribution in [-0.4, -0.2) is 56.0 Å². The maximum absolute atomic E-state index is 12.9. The Labute approximate surface area is 184 Å². The molecule has 1 fully saturated rings. The summed E-state index contributed by atoms with van der Waals surface area (Å²) in [6.07, 6.45) is 0.0550.